The smallest absolute Gasteiger partial charge is 0.240 e. The summed E-state index contributed by atoms with van der Waals surface area (Å²) in [5, 5.41) is 6.46. The summed E-state index contributed by atoms with van der Waals surface area (Å²) in [6.45, 7) is 4.82. The maximum atomic E-state index is 12.0. The SMILES string of the molecule is CNC(c1ccn(CC(=O)NC2CCCC2)c1)C(C)C. The molecule has 0 bridgehead atoms. The molecule has 0 aromatic carbocycles. The van der Waals surface area contributed by atoms with Gasteiger partial charge in [-0.1, -0.05) is 26.7 Å². The summed E-state index contributed by atoms with van der Waals surface area (Å²) in [4.78, 5) is 12.0. The number of hydrogen-bond donors (Lipinski definition) is 2. The normalized spacial score (nSPS) is 17.6. The van der Waals surface area contributed by atoms with Crippen LogP contribution < -0.4 is 10.6 Å². The van der Waals surface area contributed by atoms with E-state index in [2.05, 4.69) is 36.7 Å². The highest BCUT2D eigenvalue weighted by Gasteiger charge is 2.18. The minimum atomic E-state index is 0.129. The predicted molar refractivity (Wildman–Crippen MR) is 81.5 cm³/mol. The van der Waals surface area contributed by atoms with Gasteiger partial charge in [0, 0.05) is 24.5 Å². The molecular formula is C16H27N3O. The Bertz CT molecular complexity index is 433. The molecule has 1 aliphatic carbocycles. The van der Waals surface area contributed by atoms with Crippen LogP contribution >= 0.6 is 0 Å². The summed E-state index contributed by atoms with van der Waals surface area (Å²) in [6.07, 6.45) is 8.84. The van der Waals surface area contributed by atoms with Crippen molar-refractivity contribution in [1.82, 2.24) is 15.2 Å². The van der Waals surface area contributed by atoms with Crippen LogP contribution in [0, 0.1) is 5.92 Å². The van der Waals surface area contributed by atoms with Crippen LogP contribution in [0.15, 0.2) is 18.5 Å². The van der Waals surface area contributed by atoms with Crippen molar-refractivity contribution in [3.63, 3.8) is 0 Å². The Morgan fingerprint density at radius 3 is 2.70 bits per heavy atom. The fraction of sp³-hybridized carbons (Fsp3) is 0.688. The van der Waals surface area contributed by atoms with Gasteiger partial charge in [-0.3, -0.25) is 4.79 Å². The Kier molecular flexibility index (Phi) is 5.24. The summed E-state index contributed by atoms with van der Waals surface area (Å²) in [5.74, 6) is 0.660. The highest BCUT2D eigenvalue weighted by Crippen LogP contribution is 2.21. The predicted octanol–water partition coefficient (Wildman–Crippen LogP) is 2.46. The molecule has 0 radical (unpaired) electrons. The first-order chi connectivity index (χ1) is 9.60. The second-order valence-corrected chi connectivity index (χ2v) is 6.18. The number of hydrogen-bond acceptors (Lipinski definition) is 2. The Morgan fingerprint density at radius 1 is 1.40 bits per heavy atom. The average Bonchev–Trinajstić information content (AvgIpc) is 3.02. The molecule has 1 unspecified atom stereocenters. The van der Waals surface area contributed by atoms with E-state index in [0.717, 1.165) is 12.8 Å². The lowest BCUT2D eigenvalue weighted by Crippen LogP contribution is -2.34. The van der Waals surface area contributed by atoms with Gasteiger partial charge >= 0.3 is 0 Å². The summed E-state index contributed by atoms with van der Waals surface area (Å²) >= 11 is 0. The monoisotopic (exact) mass is 277 g/mol. The third-order valence-corrected chi connectivity index (χ3v) is 4.16. The minimum absolute atomic E-state index is 0.129. The van der Waals surface area contributed by atoms with Gasteiger partial charge in [0.25, 0.3) is 0 Å². The molecule has 1 aliphatic rings. The van der Waals surface area contributed by atoms with Crippen LogP contribution in [0.1, 0.15) is 51.1 Å². The molecule has 2 rings (SSSR count). The van der Waals surface area contributed by atoms with Crippen molar-refractivity contribution in [3.05, 3.63) is 24.0 Å². The van der Waals surface area contributed by atoms with Crippen molar-refractivity contribution < 1.29 is 4.79 Å². The molecule has 1 atom stereocenters. The van der Waals surface area contributed by atoms with Gasteiger partial charge < -0.3 is 15.2 Å². The van der Waals surface area contributed by atoms with Crippen LogP contribution in [0.4, 0.5) is 0 Å². The van der Waals surface area contributed by atoms with E-state index in [-0.39, 0.29) is 5.91 Å². The summed E-state index contributed by atoms with van der Waals surface area (Å²) in [5.41, 5.74) is 1.25. The number of nitrogens with zero attached hydrogens (tertiary/aromatic N) is 1. The quantitative estimate of drug-likeness (QED) is 0.839. The number of amides is 1. The zero-order chi connectivity index (χ0) is 14.5. The summed E-state index contributed by atoms with van der Waals surface area (Å²) < 4.78 is 1.98. The molecule has 1 fully saturated rings. The Labute approximate surface area is 121 Å². The van der Waals surface area contributed by atoms with E-state index >= 15 is 0 Å². The Morgan fingerprint density at radius 2 is 2.10 bits per heavy atom. The molecule has 1 heterocycles. The van der Waals surface area contributed by atoms with Crippen LogP contribution in [0.25, 0.3) is 0 Å². The zero-order valence-electron chi connectivity index (χ0n) is 12.9. The number of carbonyl (C=O) groups excluding carboxylic acids is 1. The van der Waals surface area contributed by atoms with Gasteiger partial charge in [0.2, 0.25) is 5.91 Å². The third kappa shape index (κ3) is 3.85. The molecule has 4 nitrogen and oxygen atoms in total. The lowest BCUT2D eigenvalue weighted by Gasteiger charge is -2.18. The fourth-order valence-electron chi connectivity index (χ4n) is 3.14. The summed E-state index contributed by atoms with van der Waals surface area (Å²) in [7, 11) is 1.98. The van der Waals surface area contributed by atoms with Crippen molar-refractivity contribution in [3.8, 4) is 0 Å². The fourth-order valence-corrected chi connectivity index (χ4v) is 3.14. The van der Waals surface area contributed by atoms with Gasteiger partial charge in [0.1, 0.15) is 6.54 Å². The number of aromatic nitrogens is 1. The van der Waals surface area contributed by atoms with E-state index in [1.54, 1.807) is 0 Å². The van der Waals surface area contributed by atoms with Gasteiger partial charge in [-0.25, -0.2) is 0 Å². The van der Waals surface area contributed by atoms with E-state index in [9.17, 15) is 4.79 Å². The van der Waals surface area contributed by atoms with Crippen molar-refractivity contribution in [2.75, 3.05) is 7.05 Å². The molecule has 112 valence electrons. The Balaban J connectivity index is 1.89. The van der Waals surface area contributed by atoms with Crippen molar-refractivity contribution in [2.45, 2.75) is 58.2 Å². The number of rotatable bonds is 6. The summed E-state index contributed by atoms with van der Waals surface area (Å²) in [6, 6.07) is 2.84. The standard InChI is InChI=1S/C16H27N3O/c1-12(2)16(17-3)13-8-9-19(10-13)11-15(20)18-14-6-4-5-7-14/h8-10,12,14,16-17H,4-7,11H2,1-3H3,(H,18,20). The van der Waals surface area contributed by atoms with Crippen molar-refractivity contribution in [1.29, 1.82) is 0 Å². The lowest BCUT2D eigenvalue weighted by molar-refractivity contribution is -0.122. The lowest BCUT2D eigenvalue weighted by atomic mass is 9.99. The number of nitrogens with one attached hydrogen (secondary N) is 2. The van der Waals surface area contributed by atoms with E-state index in [4.69, 9.17) is 0 Å². The largest absolute Gasteiger partial charge is 0.352 e. The molecule has 0 spiro atoms. The van der Waals surface area contributed by atoms with Crippen molar-refractivity contribution >= 4 is 5.91 Å². The highest BCUT2D eigenvalue weighted by atomic mass is 16.2. The first-order valence-corrected chi connectivity index (χ1v) is 7.72. The molecule has 4 heteroatoms. The maximum absolute atomic E-state index is 12.0. The molecule has 0 aliphatic heterocycles. The van der Waals surface area contributed by atoms with E-state index in [1.807, 2.05) is 17.8 Å². The van der Waals surface area contributed by atoms with Crippen LogP contribution in [0.3, 0.4) is 0 Å². The second kappa shape index (κ2) is 6.93. The maximum Gasteiger partial charge on any atom is 0.240 e. The van der Waals surface area contributed by atoms with Gasteiger partial charge in [-0.15, -0.1) is 0 Å². The molecule has 2 N–H and O–H groups in total. The van der Waals surface area contributed by atoms with E-state index < -0.39 is 0 Å². The third-order valence-electron chi connectivity index (χ3n) is 4.16. The van der Waals surface area contributed by atoms with Gasteiger partial charge in [0.05, 0.1) is 0 Å². The van der Waals surface area contributed by atoms with Crippen LogP contribution in [0.5, 0.6) is 0 Å². The van der Waals surface area contributed by atoms with Gasteiger partial charge in [0.15, 0.2) is 0 Å². The first-order valence-electron chi connectivity index (χ1n) is 7.72. The Hall–Kier alpha value is -1.29. The first kappa shape index (κ1) is 15.1. The molecule has 1 amide bonds. The van der Waals surface area contributed by atoms with Crippen LogP contribution in [-0.4, -0.2) is 23.6 Å². The molecule has 1 aromatic heterocycles. The van der Waals surface area contributed by atoms with Crippen LogP contribution in [-0.2, 0) is 11.3 Å². The second-order valence-electron chi connectivity index (χ2n) is 6.18. The van der Waals surface area contributed by atoms with Crippen LogP contribution in [0.2, 0.25) is 0 Å². The van der Waals surface area contributed by atoms with E-state index in [1.165, 1.54) is 18.4 Å². The van der Waals surface area contributed by atoms with E-state index in [0.29, 0.717) is 24.5 Å². The average molecular weight is 277 g/mol. The molecule has 1 saturated carbocycles. The van der Waals surface area contributed by atoms with Gasteiger partial charge in [-0.2, -0.15) is 0 Å². The number of carbonyl (C=O) groups is 1. The molecule has 1 aromatic rings. The zero-order valence-corrected chi connectivity index (χ0v) is 12.9. The molecule has 0 saturated heterocycles. The minimum Gasteiger partial charge on any atom is -0.352 e. The molecular weight excluding hydrogens is 250 g/mol. The van der Waals surface area contributed by atoms with Crippen molar-refractivity contribution in [2.24, 2.45) is 5.92 Å². The van der Waals surface area contributed by atoms with Gasteiger partial charge in [-0.05, 0) is 37.4 Å². The molecule has 20 heavy (non-hydrogen) atoms. The highest BCUT2D eigenvalue weighted by molar-refractivity contribution is 5.76. The topological polar surface area (TPSA) is 46.1 Å².